The summed E-state index contributed by atoms with van der Waals surface area (Å²) < 4.78 is 20.0. The van der Waals surface area contributed by atoms with Crippen LogP contribution < -0.4 is 10.1 Å². The molecule has 0 fully saturated rings. The molecule has 0 saturated heterocycles. The van der Waals surface area contributed by atoms with Crippen molar-refractivity contribution >= 4 is 5.69 Å². The maximum Gasteiger partial charge on any atom is 0.131 e. The van der Waals surface area contributed by atoms with Crippen molar-refractivity contribution in [2.45, 2.75) is 20.5 Å². The Morgan fingerprint density at radius 1 is 0.920 bits per heavy atom. The summed E-state index contributed by atoms with van der Waals surface area (Å²) in [4.78, 5) is 0. The van der Waals surface area contributed by atoms with E-state index in [4.69, 9.17) is 4.74 Å². The molecule has 0 aliphatic rings. The number of nitrogens with one attached hydrogen (secondary N) is 1. The first-order chi connectivity index (χ1) is 12.1. The first-order valence-corrected chi connectivity index (χ1v) is 8.34. The Morgan fingerprint density at radius 2 is 1.72 bits per heavy atom. The van der Waals surface area contributed by atoms with Gasteiger partial charge < -0.3 is 10.1 Å². The fourth-order valence-electron chi connectivity index (χ4n) is 2.95. The molecular weight excluding hydrogens is 313 g/mol. The molecule has 3 heteroatoms. The second-order valence-corrected chi connectivity index (χ2v) is 6.10. The summed E-state index contributed by atoms with van der Waals surface area (Å²) in [5, 5.41) is 3.20. The number of anilines is 1. The van der Waals surface area contributed by atoms with Crippen LogP contribution in [0.5, 0.6) is 5.75 Å². The average Bonchev–Trinajstić information content (AvgIpc) is 2.62. The SMILES string of the molecule is CNc1cccc(C)c1COc1ccc(-c2ccccc2F)cc1C. The van der Waals surface area contributed by atoms with Crippen molar-refractivity contribution in [3.63, 3.8) is 0 Å². The first kappa shape index (κ1) is 17.0. The Balaban J connectivity index is 1.82. The van der Waals surface area contributed by atoms with Gasteiger partial charge in [-0.15, -0.1) is 0 Å². The van der Waals surface area contributed by atoms with Crippen LogP contribution in [0.2, 0.25) is 0 Å². The number of benzene rings is 3. The molecule has 1 N–H and O–H groups in total. The predicted octanol–water partition coefficient (Wildman–Crippen LogP) is 5.73. The molecule has 0 bridgehead atoms. The van der Waals surface area contributed by atoms with E-state index in [1.54, 1.807) is 12.1 Å². The zero-order valence-electron chi connectivity index (χ0n) is 14.8. The maximum atomic E-state index is 14.0. The predicted molar refractivity (Wildman–Crippen MR) is 102 cm³/mol. The number of rotatable bonds is 5. The molecule has 0 saturated carbocycles. The standard InChI is InChI=1S/C22H22FNO/c1-15-7-6-10-21(24-3)19(15)14-25-22-12-11-17(13-16(22)2)18-8-4-5-9-20(18)23/h4-13,24H,14H2,1-3H3. The molecule has 0 amide bonds. The third kappa shape index (κ3) is 3.66. The molecule has 0 aliphatic carbocycles. The minimum Gasteiger partial charge on any atom is -0.489 e. The summed E-state index contributed by atoms with van der Waals surface area (Å²) in [6.45, 7) is 4.55. The van der Waals surface area contributed by atoms with Gasteiger partial charge in [-0.1, -0.05) is 36.4 Å². The molecular formula is C22H22FNO. The van der Waals surface area contributed by atoms with Gasteiger partial charge in [0.05, 0.1) is 0 Å². The van der Waals surface area contributed by atoms with Crippen molar-refractivity contribution in [2.24, 2.45) is 0 Å². The van der Waals surface area contributed by atoms with Gasteiger partial charge in [0.1, 0.15) is 18.2 Å². The van der Waals surface area contributed by atoms with Gasteiger partial charge in [-0.2, -0.15) is 0 Å². The largest absolute Gasteiger partial charge is 0.489 e. The van der Waals surface area contributed by atoms with E-state index in [9.17, 15) is 4.39 Å². The Morgan fingerprint density at radius 3 is 2.44 bits per heavy atom. The fourth-order valence-corrected chi connectivity index (χ4v) is 2.95. The molecule has 128 valence electrons. The Hall–Kier alpha value is -2.81. The van der Waals surface area contributed by atoms with E-state index in [1.165, 1.54) is 11.6 Å². The van der Waals surface area contributed by atoms with Crippen molar-refractivity contribution in [1.29, 1.82) is 0 Å². The molecule has 0 spiro atoms. The summed E-state index contributed by atoms with van der Waals surface area (Å²) in [6, 6.07) is 18.7. The lowest BCUT2D eigenvalue weighted by atomic mass is 10.0. The zero-order valence-corrected chi connectivity index (χ0v) is 14.8. The van der Waals surface area contributed by atoms with Crippen molar-refractivity contribution in [2.75, 3.05) is 12.4 Å². The van der Waals surface area contributed by atoms with Crippen LogP contribution in [-0.4, -0.2) is 7.05 Å². The van der Waals surface area contributed by atoms with Crippen LogP contribution in [-0.2, 0) is 6.61 Å². The summed E-state index contributed by atoms with van der Waals surface area (Å²) >= 11 is 0. The van der Waals surface area contributed by atoms with Gasteiger partial charge in [0.15, 0.2) is 0 Å². The van der Waals surface area contributed by atoms with Gasteiger partial charge >= 0.3 is 0 Å². The van der Waals surface area contributed by atoms with Crippen molar-refractivity contribution < 1.29 is 9.13 Å². The minimum absolute atomic E-state index is 0.214. The molecule has 0 radical (unpaired) electrons. The van der Waals surface area contributed by atoms with E-state index < -0.39 is 0 Å². The number of halogens is 1. The normalized spacial score (nSPS) is 10.6. The highest BCUT2D eigenvalue weighted by Gasteiger charge is 2.09. The smallest absolute Gasteiger partial charge is 0.131 e. The van der Waals surface area contributed by atoms with Crippen LogP contribution in [0.15, 0.2) is 60.7 Å². The topological polar surface area (TPSA) is 21.3 Å². The fraction of sp³-hybridized carbons (Fsp3) is 0.182. The van der Waals surface area contributed by atoms with E-state index in [2.05, 4.69) is 18.3 Å². The van der Waals surface area contributed by atoms with E-state index in [0.29, 0.717) is 12.2 Å². The Labute approximate surface area is 148 Å². The third-order valence-electron chi connectivity index (χ3n) is 4.41. The Kier molecular flexibility index (Phi) is 5.03. The monoisotopic (exact) mass is 335 g/mol. The molecule has 3 aromatic carbocycles. The summed E-state index contributed by atoms with van der Waals surface area (Å²) in [6.07, 6.45) is 0. The lowest BCUT2D eigenvalue weighted by Crippen LogP contribution is -2.03. The number of ether oxygens (including phenoxy) is 1. The van der Waals surface area contributed by atoms with Crippen molar-refractivity contribution in [1.82, 2.24) is 0 Å². The van der Waals surface area contributed by atoms with Crippen LogP contribution in [0.1, 0.15) is 16.7 Å². The second kappa shape index (κ2) is 7.39. The molecule has 0 aliphatic heterocycles. The van der Waals surface area contributed by atoms with Crippen molar-refractivity contribution in [3.05, 3.63) is 83.2 Å². The second-order valence-electron chi connectivity index (χ2n) is 6.10. The molecule has 25 heavy (non-hydrogen) atoms. The molecule has 0 atom stereocenters. The van der Waals surface area contributed by atoms with Crippen LogP contribution in [0.4, 0.5) is 10.1 Å². The molecule has 0 unspecified atom stereocenters. The van der Waals surface area contributed by atoms with E-state index >= 15 is 0 Å². The van der Waals surface area contributed by atoms with Crippen LogP contribution in [0.3, 0.4) is 0 Å². The lowest BCUT2D eigenvalue weighted by Gasteiger charge is -2.15. The minimum atomic E-state index is -0.214. The van der Waals surface area contributed by atoms with Gasteiger partial charge in [0.25, 0.3) is 0 Å². The summed E-state index contributed by atoms with van der Waals surface area (Å²) in [5.74, 6) is 0.597. The summed E-state index contributed by atoms with van der Waals surface area (Å²) in [7, 11) is 1.91. The molecule has 2 nitrogen and oxygen atoms in total. The highest BCUT2D eigenvalue weighted by atomic mass is 19.1. The van der Waals surface area contributed by atoms with Gasteiger partial charge in [-0.05, 0) is 54.8 Å². The van der Waals surface area contributed by atoms with Gasteiger partial charge in [-0.3, -0.25) is 0 Å². The lowest BCUT2D eigenvalue weighted by molar-refractivity contribution is 0.304. The molecule has 3 aromatic rings. The van der Waals surface area contributed by atoms with Gasteiger partial charge in [0.2, 0.25) is 0 Å². The molecule has 3 rings (SSSR count). The maximum absolute atomic E-state index is 14.0. The van der Waals surface area contributed by atoms with Crippen LogP contribution in [0, 0.1) is 19.7 Å². The van der Waals surface area contributed by atoms with Gasteiger partial charge in [0, 0.05) is 23.9 Å². The van der Waals surface area contributed by atoms with Crippen LogP contribution >= 0.6 is 0 Å². The number of hydrogen-bond acceptors (Lipinski definition) is 2. The quantitative estimate of drug-likeness (QED) is 0.643. The third-order valence-corrected chi connectivity index (χ3v) is 4.41. The number of hydrogen-bond donors (Lipinski definition) is 1. The van der Waals surface area contributed by atoms with Gasteiger partial charge in [-0.25, -0.2) is 4.39 Å². The number of aryl methyl sites for hydroxylation is 2. The van der Waals surface area contributed by atoms with Crippen LogP contribution in [0.25, 0.3) is 11.1 Å². The highest BCUT2D eigenvalue weighted by molar-refractivity contribution is 5.66. The van der Waals surface area contributed by atoms with E-state index in [1.807, 2.05) is 50.4 Å². The van der Waals surface area contributed by atoms with E-state index in [0.717, 1.165) is 28.1 Å². The van der Waals surface area contributed by atoms with E-state index in [-0.39, 0.29) is 5.82 Å². The average molecular weight is 335 g/mol. The zero-order chi connectivity index (χ0) is 17.8. The highest BCUT2D eigenvalue weighted by Crippen LogP contribution is 2.29. The molecule has 0 heterocycles. The summed E-state index contributed by atoms with van der Waals surface area (Å²) in [5.41, 5.74) is 5.85. The molecule has 0 aromatic heterocycles. The van der Waals surface area contributed by atoms with Crippen molar-refractivity contribution in [3.8, 4) is 16.9 Å². The Bertz CT molecular complexity index is 889. The first-order valence-electron chi connectivity index (χ1n) is 8.34.